The number of ether oxygens (including phenoxy) is 1. The fraction of sp³-hybridized carbons (Fsp3) is 0.455. The van der Waals surface area contributed by atoms with E-state index in [1.165, 1.54) is 9.78 Å². The molecule has 2 unspecified atom stereocenters. The quantitative estimate of drug-likeness (QED) is 0.726. The van der Waals surface area contributed by atoms with Gasteiger partial charge in [-0.2, -0.15) is 0 Å². The zero-order valence-electron chi connectivity index (χ0n) is 16.9. The Labute approximate surface area is 179 Å². The first kappa shape index (κ1) is 19.7. The number of likely N-dealkylation sites (tertiary alicyclic amines) is 1. The number of methoxy groups -OCH3 is 1. The van der Waals surface area contributed by atoms with E-state index in [1.54, 1.807) is 18.4 Å². The average Bonchev–Trinajstić information content (AvgIpc) is 3.37. The molecular weight excluding hydrogens is 402 g/mol. The Hall–Kier alpha value is -2.26. The van der Waals surface area contributed by atoms with Gasteiger partial charge in [0.1, 0.15) is 11.3 Å². The number of thiophene rings is 1. The van der Waals surface area contributed by atoms with Gasteiger partial charge in [-0.25, -0.2) is 0 Å². The van der Waals surface area contributed by atoms with Crippen LogP contribution in [0.25, 0.3) is 0 Å². The highest BCUT2D eigenvalue weighted by Gasteiger charge is 2.64. The summed E-state index contributed by atoms with van der Waals surface area (Å²) < 4.78 is 5.20. The van der Waals surface area contributed by atoms with Crippen LogP contribution in [-0.2, 0) is 22.7 Å². The summed E-state index contributed by atoms with van der Waals surface area (Å²) in [5.74, 6) is 0.394. The molecule has 0 bridgehead atoms. The first-order valence-electron chi connectivity index (χ1n) is 10.2. The first-order chi connectivity index (χ1) is 14.5. The molecule has 1 aromatic carbocycles. The number of hydrogen-bond acceptors (Lipinski definition) is 7. The lowest BCUT2D eigenvalue weighted by atomic mass is 9.82. The van der Waals surface area contributed by atoms with Crippen LogP contribution in [0, 0.1) is 0 Å². The van der Waals surface area contributed by atoms with Gasteiger partial charge in [-0.05, 0) is 35.6 Å². The van der Waals surface area contributed by atoms with Crippen molar-refractivity contribution in [1.82, 2.24) is 14.7 Å². The number of fused-ring (bicyclic) bond motifs is 2. The van der Waals surface area contributed by atoms with E-state index in [0.29, 0.717) is 26.1 Å². The van der Waals surface area contributed by atoms with E-state index in [9.17, 15) is 14.7 Å². The highest BCUT2D eigenvalue weighted by Crippen LogP contribution is 2.41. The number of rotatable bonds is 5. The Morgan fingerprint density at radius 1 is 1.17 bits per heavy atom. The Balaban J connectivity index is 1.39. The zero-order chi connectivity index (χ0) is 20.9. The van der Waals surface area contributed by atoms with Gasteiger partial charge < -0.3 is 9.84 Å². The van der Waals surface area contributed by atoms with Crippen LogP contribution in [0.1, 0.15) is 16.9 Å². The maximum atomic E-state index is 13.6. The molecule has 0 saturated carbocycles. The number of benzene rings is 1. The maximum Gasteiger partial charge on any atom is 0.252 e. The van der Waals surface area contributed by atoms with Gasteiger partial charge in [0.2, 0.25) is 5.91 Å². The summed E-state index contributed by atoms with van der Waals surface area (Å²) in [4.78, 5) is 33.7. The third kappa shape index (κ3) is 3.15. The van der Waals surface area contributed by atoms with Gasteiger partial charge in [0.15, 0.2) is 0 Å². The summed E-state index contributed by atoms with van der Waals surface area (Å²) in [5.41, 5.74) is 0.161. The SMILES string of the molecule is COc1ccc(CN2C(=O)C3CC(O)CN3C3(CN(Cc4cccs4)C3)C2=O)cc1. The lowest BCUT2D eigenvalue weighted by molar-refractivity contribution is -0.181. The van der Waals surface area contributed by atoms with Crippen LogP contribution in [0.15, 0.2) is 41.8 Å². The second-order valence-corrected chi connectivity index (χ2v) is 9.42. The standard InChI is InChI=1S/C22H25N3O4S/c1-29-17-6-4-15(5-7-17)10-24-20(27)19-9-16(26)11-25(19)22(21(24)28)13-23(14-22)12-18-3-2-8-30-18/h2-8,16,19,26H,9-14H2,1H3. The largest absolute Gasteiger partial charge is 0.497 e. The summed E-state index contributed by atoms with van der Waals surface area (Å²) in [7, 11) is 1.61. The van der Waals surface area contributed by atoms with Crippen molar-refractivity contribution in [3.8, 4) is 5.75 Å². The Morgan fingerprint density at radius 3 is 2.60 bits per heavy atom. The molecular formula is C22H25N3O4S. The Bertz CT molecular complexity index is 940. The van der Waals surface area contributed by atoms with E-state index < -0.39 is 17.7 Å². The van der Waals surface area contributed by atoms with Crippen LogP contribution < -0.4 is 4.74 Å². The minimum absolute atomic E-state index is 0.143. The molecule has 0 radical (unpaired) electrons. The van der Waals surface area contributed by atoms with E-state index >= 15 is 0 Å². The van der Waals surface area contributed by atoms with Crippen molar-refractivity contribution in [3.05, 3.63) is 52.2 Å². The minimum atomic E-state index is -0.722. The number of amides is 2. The van der Waals surface area contributed by atoms with E-state index in [-0.39, 0.29) is 18.4 Å². The summed E-state index contributed by atoms with van der Waals surface area (Å²) in [6.07, 6.45) is -0.186. The molecule has 158 valence electrons. The molecule has 4 heterocycles. The van der Waals surface area contributed by atoms with Crippen molar-refractivity contribution in [2.24, 2.45) is 0 Å². The van der Waals surface area contributed by atoms with Crippen LogP contribution >= 0.6 is 11.3 Å². The normalized spacial score (nSPS) is 26.1. The number of imide groups is 1. The number of piperazine rings is 1. The number of carbonyl (C=O) groups excluding carboxylic acids is 2. The van der Waals surface area contributed by atoms with E-state index in [2.05, 4.69) is 16.3 Å². The van der Waals surface area contributed by atoms with E-state index in [0.717, 1.165) is 17.9 Å². The molecule has 5 rings (SSSR count). The van der Waals surface area contributed by atoms with E-state index in [1.807, 2.05) is 35.2 Å². The van der Waals surface area contributed by atoms with E-state index in [4.69, 9.17) is 4.74 Å². The molecule has 2 amide bonds. The maximum absolute atomic E-state index is 13.6. The van der Waals surface area contributed by atoms with Crippen molar-refractivity contribution in [1.29, 1.82) is 0 Å². The predicted molar refractivity (Wildman–Crippen MR) is 112 cm³/mol. The van der Waals surface area contributed by atoms with Gasteiger partial charge in [0.25, 0.3) is 5.91 Å². The third-order valence-electron chi connectivity index (χ3n) is 6.45. The highest BCUT2D eigenvalue weighted by atomic mass is 32.1. The summed E-state index contributed by atoms with van der Waals surface area (Å²) in [6, 6.07) is 11.1. The Kier molecular flexibility index (Phi) is 4.89. The van der Waals surface area contributed by atoms with Crippen LogP contribution in [0.4, 0.5) is 0 Å². The van der Waals surface area contributed by atoms with Crippen molar-refractivity contribution >= 4 is 23.2 Å². The molecule has 3 aliphatic heterocycles. The van der Waals surface area contributed by atoms with Crippen LogP contribution in [0.2, 0.25) is 0 Å². The van der Waals surface area contributed by atoms with Crippen molar-refractivity contribution in [2.75, 3.05) is 26.7 Å². The molecule has 2 atom stereocenters. The molecule has 30 heavy (non-hydrogen) atoms. The van der Waals surface area contributed by atoms with Gasteiger partial charge in [-0.3, -0.25) is 24.3 Å². The summed E-state index contributed by atoms with van der Waals surface area (Å²) in [6.45, 7) is 2.60. The smallest absolute Gasteiger partial charge is 0.252 e. The molecule has 0 aliphatic carbocycles. The number of aliphatic hydroxyl groups is 1. The molecule has 3 saturated heterocycles. The number of carbonyl (C=O) groups is 2. The molecule has 8 heteroatoms. The second-order valence-electron chi connectivity index (χ2n) is 8.39. The number of nitrogens with zero attached hydrogens (tertiary/aromatic N) is 3. The molecule has 3 aliphatic rings. The average molecular weight is 428 g/mol. The molecule has 3 fully saturated rings. The molecule has 2 aromatic rings. The molecule has 1 spiro atoms. The van der Waals surface area contributed by atoms with Crippen molar-refractivity contribution < 1.29 is 19.4 Å². The van der Waals surface area contributed by atoms with Crippen molar-refractivity contribution in [3.63, 3.8) is 0 Å². The Morgan fingerprint density at radius 2 is 1.93 bits per heavy atom. The van der Waals surface area contributed by atoms with Crippen LogP contribution in [0.3, 0.4) is 0 Å². The number of β-amino-alcohol motifs (C(OH)–C–C–N with tert-alkyl or cyclic N) is 1. The summed E-state index contributed by atoms with van der Waals surface area (Å²) in [5, 5.41) is 12.3. The van der Waals surface area contributed by atoms with Gasteiger partial charge >= 0.3 is 0 Å². The molecule has 7 nitrogen and oxygen atoms in total. The van der Waals surface area contributed by atoms with Gasteiger partial charge in [-0.1, -0.05) is 18.2 Å². The topological polar surface area (TPSA) is 73.3 Å². The summed E-state index contributed by atoms with van der Waals surface area (Å²) >= 11 is 1.71. The first-order valence-corrected chi connectivity index (χ1v) is 11.1. The minimum Gasteiger partial charge on any atom is -0.497 e. The monoisotopic (exact) mass is 427 g/mol. The zero-order valence-corrected chi connectivity index (χ0v) is 17.7. The lowest BCUT2D eigenvalue weighted by Crippen LogP contribution is -2.81. The fourth-order valence-electron chi connectivity index (χ4n) is 4.98. The van der Waals surface area contributed by atoms with Gasteiger partial charge in [0, 0.05) is 31.1 Å². The number of hydrogen-bond donors (Lipinski definition) is 1. The molecule has 1 aromatic heterocycles. The highest BCUT2D eigenvalue weighted by molar-refractivity contribution is 7.09. The lowest BCUT2D eigenvalue weighted by Gasteiger charge is -2.58. The van der Waals surface area contributed by atoms with Crippen LogP contribution in [0.5, 0.6) is 5.75 Å². The van der Waals surface area contributed by atoms with Gasteiger partial charge in [0.05, 0.1) is 25.8 Å². The van der Waals surface area contributed by atoms with Gasteiger partial charge in [-0.15, -0.1) is 11.3 Å². The van der Waals surface area contributed by atoms with Crippen LogP contribution in [-0.4, -0.2) is 76.0 Å². The number of aliphatic hydroxyl groups excluding tert-OH is 1. The predicted octanol–water partition coefficient (Wildman–Crippen LogP) is 1.32. The second kappa shape index (κ2) is 7.46. The molecule has 1 N–H and O–H groups in total. The van der Waals surface area contributed by atoms with Crippen molar-refractivity contribution in [2.45, 2.75) is 37.2 Å². The third-order valence-corrected chi connectivity index (χ3v) is 7.31. The fourth-order valence-corrected chi connectivity index (χ4v) is 5.73.